The lowest BCUT2D eigenvalue weighted by Crippen LogP contribution is -2.28. The summed E-state index contributed by atoms with van der Waals surface area (Å²) in [6.07, 6.45) is 0. The monoisotopic (exact) mass is 251 g/mol. The van der Waals surface area contributed by atoms with Crippen molar-refractivity contribution in [3.05, 3.63) is 29.7 Å². The molecule has 0 atom stereocenters. The third-order valence-electron chi connectivity index (χ3n) is 2.74. The molecule has 0 unspecified atom stereocenters. The number of hydrogen-bond donors (Lipinski definition) is 1. The molecular weight excluding hydrogens is 238 g/mol. The molecule has 17 heavy (non-hydrogen) atoms. The van der Waals surface area contributed by atoms with Crippen molar-refractivity contribution in [3.8, 4) is 11.5 Å². The highest BCUT2D eigenvalue weighted by Crippen LogP contribution is 2.17. The second-order valence-corrected chi connectivity index (χ2v) is 3.93. The van der Waals surface area contributed by atoms with Gasteiger partial charge in [-0.25, -0.2) is 4.98 Å². The molecule has 1 aliphatic heterocycles. The van der Waals surface area contributed by atoms with Crippen LogP contribution in [0.1, 0.15) is 11.5 Å². The summed E-state index contributed by atoms with van der Waals surface area (Å²) >= 11 is 0. The van der Waals surface area contributed by atoms with Crippen LogP contribution in [0.2, 0.25) is 0 Å². The summed E-state index contributed by atoms with van der Waals surface area (Å²) in [4.78, 5) is 4.48. The number of rotatable bonds is 1. The van der Waals surface area contributed by atoms with Crippen LogP contribution in [0.25, 0.3) is 11.5 Å². The Kier molecular flexibility index (Phi) is 3.40. The second-order valence-electron chi connectivity index (χ2n) is 3.93. The molecule has 90 valence electrons. The van der Waals surface area contributed by atoms with E-state index in [0.29, 0.717) is 0 Å². The molecule has 3 rings (SSSR count). The van der Waals surface area contributed by atoms with Crippen molar-refractivity contribution in [3.63, 3.8) is 0 Å². The minimum atomic E-state index is 0. The number of pyridine rings is 1. The first-order valence-corrected chi connectivity index (χ1v) is 5.41. The van der Waals surface area contributed by atoms with Crippen molar-refractivity contribution in [2.24, 2.45) is 0 Å². The molecular formula is C11H14ClN5. The van der Waals surface area contributed by atoms with Crippen LogP contribution in [-0.2, 0) is 13.1 Å². The standard InChI is InChI=1S/C11H13N5.ClH/c1-8-3-2-4-9(13-8)11-15-14-10-7-12-5-6-16(10)11;/h2-4,12H,5-7H2,1H3;1H. The molecule has 2 aromatic rings. The van der Waals surface area contributed by atoms with Gasteiger partial charge < -0.3 is 9.88 Å². The Balaban J connectivity index is 0.00000108. The zero-order valence-electron chi connectivity index (χ0n) is 9.55. The Morgan fingerprint density at radius 1 is 1.29 bits per heavy atom. The summed E-state index contributed by atoms with van der Waals surface area (Å²) in [6, 6.07) is 5.96. The van der Waals surface area contributed by atoms with Crippen LogP contribution in [0.5, 0.6) is 0 Å². The Morgan fingerprint density at radius 3 is 3.00 bits per heavy atom. The summed E-state index contributed by atoms with van der Waals surface area (Å²) < 4.78 is 2.14. The number of halogens is 1. The second kappa shape index (κ2) is 4.81. The Labute approximate surface area is 106 Å². The maximum atomic E-state index is 4.48. The fourth-order valence-corrected chi connectivity index (χ4v) is 1.95. The zero-order valence-corrected chi connectivity index (χ0v) is 10.4. The molecule has 0 aliphatic carbocycles. The van der Waals surface area contributed by atoms with Gasteiger partial charge in [0.2, 0.25) is 0 Å². The van der Waals surface area contributed by atoms with Crippen molar-refractivity contribution >= 4 is 12.4 Å². The highest BCUT2D eigenvalue weighted by atomic mass is 35.5. The first-order valence-electron chi connectivity index (χ1n) is 5.41. The molecule has 0 radical (unpaired) electrons. The average molecular weight is 252 g/mol. The molecule has 0 aromatic carbocycles. The lowest BCUT2D eigenvalue weighted by atomic mass is 10.3. The Bertz CT molecular complexity index is 522. The Morgan fingerprint density at radius 2 is 2.18 bits per heavy atom. The van der Waals surface area contributed by atoms with Gasteiger partial charge >= 0.3 is 0 Å². The maximum absolute atomic E-state index is 4.48. The van der Waals surface area contributed by atoms with Crippen molar-refractivity contribution < 1.29 is 0 Å². The summed E-state index contributed by atoms with van der Waals surface area (Å²) in [5, 5.41) is 11.7. The van der Waals surface area contributed by atoms with E-state index in [2.05, 4.69) is 25.1 Å². The molecule has 0 fully saturated rings. The van der Waals surface area contributed by atoms with Crippen molar-refractivity contribution in [2.45, 2.75) is 20.0 Å². The van der Waals surface area contributed by atoms with Crippen LogP contribution in [0.15, 0.2) is 18.2 Å². The molecule has 0 spiro atoms. The molecule has 6 heteroatoms. The number of aryl methyl sites for hydroxylation is 1. The quantitative estimate of drug-likeness (QED) is 0.827. The van der Waals surface area contributed by atoms with Gasteiger partial charge in [0.15, 0.2) is 5.82 Å². The lowest BCUT2D eigenvalue weighted by Gasteiger charge is -2.15. The van der Waals surface area contributed by atoms with E-state index < -0.39 is 0 Å². The van der Waals surface area contributed by atoms with E-state index in [-0.39, 0.29) is 12.4 Å². The van der Waals surface area contributed by atoms with E-state index in [1.54, 1.807) is 0 Å². The molecule has 5 nitrogen and oxygen atoms in total. The van der Waals surface area contributed by atoms with Gasteiger partial charge in [-0.1, -0.05) is 6.07 Å². The maximum Gasteiger partial charge on any atom is 0.182 e. The summed E-state index contributed by atoms with van der Waals surface area (Å²) in [7, 11) is 0. The summed E-state index contributed by atoms with van der Waals surface area (Å²) in [5.74, 6) is 1.87. The molecule has 3 heterocycles. The number of hydrogen-bond acceptors (Lipinski definition) is 4. The molecule has 0 saturated carbocycles. The SMILES string of the molecule is Cc1cccc(-c2nnc3n2CCNC3)n1.Cl. The van der Waals surface area contributed by atoms with Crippen LogP contribution in [0, 0.1) is 6.92 Å². The largest absolute Gasteiger partial charge is 0.308 e. The summed E-state index contributed by atoms with van der Waals surface area (Å²) in [5.41, 5.74) is 1.91. The van der Waals surface area contributed by atoms with Crippen LogP contribution in [0.3, 0.4) is 0 Å². The number of fused-ring (bicyclic) bond motifs is 1. The molecule has 1 aliphatic rings. The van der Waals surface area contributed by atoms with Gasteiger partial charge in [0.25, 0.3) is 0 Å². The van der Waals surface area contributed by atoms with Gasteiger partial charge in [-0.3, -0.25) is 0 Å². The predicted octanol–water partition coefficient (Wildman–Crippen LogP) is 1.17. The smallest absolute Gasteiger partial charge is 0.182 e. The predicted molar refractivity (Wildman–Crippen MR) is 66.9 cm³/mol. The van der Waals surface area contributed by atoms with E-state index in [4.69, 9.17) is 0 Å². The Hall–Kier alpha value is -1.46. The van der Waals surface area contributed by atoms with E-state index in [1.807, 2.05) is 25.1 Å². The molecule has 2 aromatic heterocycles. The van der Waals surface area contributed by atoms with E-state index in [1.165, 1.54) is 0 Å². The third kappa shape index (κ3) is 2.16. The molecule has 0 amide bonds. The van der Waals surface area contributed by atoms with Gasteiger partial charge in [0, 0.05) is 18.8 Å². The van der Waals surface area contributed by atoms with Crippen molar-refractivity contribution in [1.29, 1.82) is 0 Å². The van der Waals surface area contributed by atoms with Gasteiger partial charge in [0.05, 0.1) is 6.54 Å². The average Bonchev–Trinajstić information content (AvgIpc) is 2.72. The van der Waals surface area contributed by atoms with Gasteiger partial charge in [-0.15, -0.1) is 22.6 Å². The van der Waals surface area contributed by atoms with Crippen LogP contribution < -0.4 is 5.32 Å². The van der Waals surface area contributed by atoms with E-state index in [0.717, 1.165) is 42.7 Å². The topological polar surface area (TPSA) is 55.6 Å². The van der Waals surface area contributed by atoms with Crippen LogP contribution >= 0.6 is 12.4 Å². The lowest BCUT2D eigenvalue weighted by molar-refractivity contribution is 0.508. The minimum absolute atomic E-state index is 0. The van der Waals surface area contributed by atoms with Crippen LogP contribution in [-0.4, -0.2) is 26.3 Å². The highest BCUT2D eigenvalue weighted by Gasteiger charge is 2.17. The van der Waals surface area contributed by atoms with Crippen molar-refractivity contribution in [2.75, 3.05) is 6.54 Å². The highest BCUT2D eigenvalue weighted by molar-refractivity contribution is 5.85. The first kappa shape index (κ1) is 12.0. The number of nitrogens with zero attached hydrogens (tertiary/aromatic N) is 4. The van der Waals surface area contributed by atoms with Gasteiger partial charge in [-0.05, 0) is 19.1 Å². The minimum Gasteiger partial charge on any atom is -0.308 e. The van der Waals surface area contributed by atoms with E-state index in [9.17, 15) is 0 Å². The third-order valence-corrected chi connectivity index (χ3v) is 2.74. The fourth-order valence-electron chi connectivity index (χ4n) is 1.95. The summed E-state index contributed by atoms with van der Waals surface area (Å²) in [6.45, 7) is 4.65. The number of aromatic nitrogens is 4. The molecule has 1 N–H and O–H groups in total. The van der Waals surface area contributed by atoms with Crippen LogP contribution in [0.4, 0.5) is 0 Å². The molecule has 0 bridgehead atoms. The van der Waals surface area contributed by atoms with Gasteiger partial charge in [-0.2, -0.15) is 0 Å². The normalized spacial score (nSPS) is 13.9. The fraction of sp³-hybridized carbons (Fsp3) is 0.364. The van der Waals surface area contributed by atoms with Gasteiger partial charge in [0.1, 0.15) is 11.5 Å². The zero-order chi connectivity index (χ0) is 11.0. The molecule has 0 saturated heterocycles. The first-order chi connectivity index (χ1) is 7.84. The van der Waals surface area contributed by atoms with E-state index >= 15 is 0 Å². The number of nitrogens with one attached hydrogen (secondary N) is 1. The van der Waals surface area contributed by atoms with Crippen molar-refractivity contribution in [1.82, 2.24) is 25.1 Å².